The number of likely N-dealkylation sites (tertiary alicyclic amines) is 1. The predicted molar refractivity (Wildman–Crippen MR) is 405 cm³/mol. The van der Waals surface area contributed by atoms with E-state index in [-0.39, 0.29) is 85.6 Å². The zero-order chi connectivity index (χ0) is 81.2. The molecule has 2 heterocycles. The summed E-state index contributed by atoms with van der Waals surface area (Å²) in [5.41, 5.74) is 6.10. The molecule has 0 saturated carbocycles. The summed E-state index contributed by atoms with van der Waals surface area (Å²) in [5.74, 6) is -15.6. The number of esters is 1. The summed E-state index contributed by atoms with van der Waals surface area (Å²) in [4.78, 5) is 202. The zero-order valence-corrected chi connectivity index (χ0v) is 67.4. The van der Waals surface area contributed by atoms with Crippen LogP contribution in [0.25, 0.3) is 0 Å². The molecular formula is C75H122Cl2N14O16. The lowest BCUT2D eigenvalue weighted by molar-refractivity contribution is -0.157. The Morgan fingerprint density at radius 1 is 0.626 bits per heavy atom. The van der Waals surface area contributed by atoms with Crippen LogP contribution in [0.2, 0.25) is 10.0 Å². The predicted octanol–water partition coefficient (Wildman–Crippen LogP) is 3.14. The number of amides is 13. The quantitative estimate of drug-likeness (QED) is 0.0355. The summed E-state index contributed by atoms with van der Waals surface area (Å²) in [6, 6.07) is -12.1. The van der Waals surface area contributed by atoms with Gasteiger partial charge in [-0.25, -0.2) is 4.79 Å². The van der Waals surface area contributed by atoms with Crippen molar-refractivity contribution in [3.05, 3.63) is 45.6 Å². The number of nitrogens with zero attached hydrogens (tertiary/aromatic N) is 1. The van der Waals surface area contributed by atoms with E-state index in [1.54, 1.807) is 103 Å². The Balaban J connectivity index is 2.01. The van der Waals surface area contributed by atoms with Gasteiger partial charge in [-0.2, -0.15) is 0 Å². The molecular weight excluding hydrogens is 1420 g/mol. The van der Waals surface area contributed by atoms with Crippen LogP contribution in [-0.2, 0) is 78.3 Å². The van der Waals surface area contributed by atoms with Crippen molar-refractivity contribution in [1.82, 2.24) is 68.7 Å². The number of nitrogens with one attached hydrogen (secondary N) is 12. The molecule has 0 spiro atoms. The molecule has 2 aliphatic heterocycles. The van der Waals surface area contributed by atoms with E-state index in [9.17, 15) is 62.6 Å². The maximum atomic E-state index is 15.1. The number of nitrogens with two attached hydrogens (primary N) is 1. The van der Waals surface area contributed by atoms with Gasteiger partial charge in [0.15, 0.2) is 0 Å². The third kappa shape index (κ3) is 27.9. The van der Waals surface area contributed by atoms with Crippen molar-refractivity contribution in [2.24, 2.45) is 53.1 Å². The molecule has 0 aliphatic carbocycles. The fourth-order valence-electron chi connectivity index (χ4n) is 12.1. The van der Waals surface area contributed by atoms with Gasteiger partial charge in [-0.05, 0) is 124 Å². The van der Waals surface area contributed by atoms with Crippen LogP contribution in [0.5, 0.6) is 0 Å². The highest BCUT2D eigenvalue weighted by molar-refractivity contribution is 6.42. The molecule has 17 atom stereocenters. The first-order valence-corrected chi connectivity index (χ1v) is 38.5. The minimum absolute atomic E-state index is 0.0608. The third-order valence-electron chi connectivity index (χ3n) is 19.8. The van der Waals surface area contributed by atoms with Crippen LogP contribution in [0.4, 0.5) is 0 Å². The second-order valence-electron chi connectivity index (χ2n) is 30.2. The molecule has 1 aromatic rings. The number of rotatable bonds is 33. The number of cyclic esters (lactones) is 1. The lowest BCUT2D eigenvalue weighted by atomic mass is 9.95. The number of benzene rings is 1. The number of halogens is 2. The molecule has 107 heavy (non-hydrogen) atoms. The molecule has 0 unspecified atom stereocenters. The number of allylic oxidation sites excluding steroid dienone is 1. The van der Waals surface area contributed by atoms with Crippen molar-refractivity contribution in [1.29, 1.82) is 0 Å². The second kappa shape index (κ2) is 44.5. The monoisotopic (exact) mass is 1540 g/mol. The molecule has 15 N–H and O–H groups in total. The fourth-order valence-corrected chi connectivity index (χ4v) is 12.4. The molecule has 30 nitrogen and oxygen atoms in total. The molecule has 3 rings (SSSR count). The summed E-state index contributed by atoms with van der Waals surface area (Å²) < 4.78 is 5.96. The van der Waals surface area contributed by atoms with E-state index in [2.05, 4.69) is 63.8 Å². The van der Waals surface area contributed by atoms with Crippen LogP contribution in [0.15, 0.2) is 30.0 Å². The largest absolute Gasteiger partial charge is 0.458 e. The number of aliphatic hydroxyl groups excluding tert-OH is 1. The van der Waals surface area contributed by atoms with Gasteiger partial charge < -0.3 is 84.3 Å². The van der Waals surface area contributed by atoms with E-state index in [1.165, 1.54) is 43.9 Å². The summed E-state index contributed by atoms with van der Waals surface area (Å²) in [7, 11) is 0. The topological polar surface area (TPSA) is 442 Å². The van der Waals surface area contributed by atoms with Crippen molar-refractivity contribution in [3.8, 4) is 0 Å². The maximum absolute atomic E-state index is 15.1. The van der Waals surface area contributed by atoms with E-state index >= 15 is 9.59 Å². The first-order chi connectivity index (χ1) is 50.1. The molecule has 1 aromatic carbocycles. The normalized spacial score (nSPS) is 22.6. The number of hydrogen-bond donors (Lipinski definition) is 14. The molecule has 32 heteroatoms. The number of aliphatic hydroxyl groups is 1. The Labute approximate surface area is 640 Å². The van der Waals surface area contributed by atoms with Gasteiger partial charge in [0.05, 0.1) is 16.1 Å². The van der Waals surface area contributed by atoms with Crippen molar-refractivity contribution in [2.45, 2.75) is 280 Å². The summed E-state index contributed by atoms with van der Waals surface area (Å²) in [5, 5.41) is 43.4. The highest BCUT2D eigenvalue weighted by atomic mass is 35.5. The van der Waals surface area contributed by atoms with Gasteiger partial charge in [-0.1, -0.05) is 165 Å². The van der Waals surface area contributed by atoms with Gasteiger partial charge in [0.1, 0.15) is 84.3 Å². The van der Waals surface area contributed by atoms with Crippen LogP contribution in [0.1, 0.15) is 195 Å². The molecule has 0 bridgehead atoms. The third-order valence-corrected chi connectivity index (χ3v) is 20.5. The van der Waals surface area contributed by atoms with E-state index < -0.39 is 203 Å². The first kappa shape index (κ1) is 93.2. The van der Waals surface area contributed by atoms with E-state index in [0.717, 1.165) is 6.42 Å². The second-order valence-corrected chi connectivity index (χ2v) is 31.0. The number of carbonyl (C=O) groups is 14. The highest BCUT2D eigenvalue weighted by Crippen LogP contribution is 2.26. The van der Waals surface area contributed by atoms with Crippen molar-refractivity contribution < 1.29 is 77.0 Å². The number of carbonyl (C=O) groups excluding carboxylic acids is 14. The van der Waals surface area contributed by atoms with E-state index in [1.807, 2.05) is 13.8 Å². The maximum Gasteiger partial charge on any atom is 0.329 e. The van der Waals surface area contributed by atoms with Gasteiger partial charge in [0.2, 0.25) is 70.9 Å². The standard InChI is InChI=1S/C75H122Cl2N14O16/c1-20-41(15)28-31-53(93)82-54(36(5)6)68(99)89-61(44(18)92)72(103)84-56(38(9)10)69(100)85-57(39(11)12)74(105)91-33-25-27-52(91)66(97)80-50(26-24-32-78)64(95)87-59(42(16)21-2)71(102)90-62-45(19)107-75(106)58(40(13)14)86-63(94)49(23-4)79-65(96)51(35-46-29-30-47(76)48(77)34-46)81-67(98)55(37(7)8)83-70(101)60(43(17)22-3)88-73(62)104/h23,29-30,34,36-45,50-52,54-62,92H,20-22,24-28,31-33,35,78H2,1-19H3,(H,79,96)(H,80,97)(H,81,98)(H,82,93)(H,83,101)(H,84,103)(H,85,100)(H,86,94)(H,87,95)(H,88,104)(H,89,99)(H,90,102)/b49-23-/t41-,42+,43+,44+,45-,50-,51-,52+,54+,55+,56-,57+,58-,59+,60+,61-,62+/m0/s1. The molecule has 0 radical (unpaired) electrons. The molecule has 0 aromatic heterocycles. The number of hydrogen-bond acceptors (Lipinski definition) is 17. The SMILES string of the molecule is C/C=C1\NC(=O)[C@H](Cc2ccc(Cl)c(Cl)c2)NC(=O)[C@@H](C(C)C)NC(=O)[C@@H]([C@H](C)CC)NC(=O)[C@H](NC(=O)[C@H](NC(=O)[C@H](CCCN)NC(=O)[C@H]2CCCN2C(=O)[C@H](NC(=O)[C@@H](NC(=O)[C@@H](NC(=O)[C@H](NC(=O)CC[C@@H](C)CC)C(C)C)[C@@H](C)O)C(C)C)C(C)C)[C@H](C)CC)[C@H](C)OC(=O)[C@H](C(C)C)NC1=O. The smallest absolute Gasteiger partial charge is 0.329 e. The summed E-state index contributed by atoms with van der Waals surface area (Å²) in [6.07, 6.45) is 0.813. The average Bonchev–Trinajstić information content (AvgIpc) is 1.81. The highest BCUT2D eigenvalue weighted by Gasteiger charge is 2.45. The van der Waals surface area contributed by atoms with Crippen LogP contribution in [0, 0.1) is 47.3 Å². The fraction of sp³-hybridized carbons (Fsp3) is 0.707. The molecule has 2 aliphatic rings. The Kier molecular flexibility index (Phi) is 38.8. The summed E-state index contributed by atoms with van der Waals surface area (Å²) >= 11 is 12.5. The number of ether oxygens (including phenoxy) is 1. The van der Waals surface area contributed by atoms with E-state index in [0.29, 0.717) is 18.4 Å². The van der Waals surface area contributed by atoms with Gasteiger partial charge in [-0.3, -0.25) is 62.3 Å². The Bertz CT molecular complexity index is 3300. The Morgan fingerprint density at radius 3 is 1.71 bits per heavy atom. The lowest BCUT2D eigenvalue weighted by Gasteiger charge is -2.33. The van der Waals surface area contributed by atoms with Crippen molar-refractivity contribution in [3.63, 3.8) is 0 Å². The first-order valence-electron chi connectivity index (χ1n) is 37.7. The van der Waals surface area contributed by atoms with Crippen LogP contribution < -0.4 is 69.5 Å². The molecule has 2 fully saturated rings. The lowest BCUT2D eigenvalue weighted by Crippen LogP contribution is -2.64. The van der Waals surface area contributed by atoms with Gasteiger partial charge >= 0.3 is 5.97 Å². The van der Waals surface area contributed by atoms with Crippen molar-refractivity contribution in [2.75, 3.05) is 13.1 Å². The van der Waals surface area contributed by atoms with Crippen LogP contribution in [-0.4, -0.2) is 191 Å². The molecule has 2 saturated heterocycles. The van der Waals surface area contributed by atoms with Gasteiger partial charge in [-0.15, -0.1) is 0 Å². The summed E-state index contributed by atoms with van der Waals surface area (Å²) in [6.45, 7) is 31.5. The van der Waals surface area contributed by atoms with Crippen LogP contribution in [0.3, 0.4) is 0 Å². The minimum Gasteiger partial charge on any atom is -0.458 e. The Morgan fingerprint density at radius 2 is 1.18 bits per heavy atom. The average molecular weight is 1550 g/mol. The minimum atomic E-state index is -1.85. The van der Waals surface area contributed by atoms with Crippen LogP contribution >= 0.6 is 23.2 Å². The molecule has 13 amide bonds. The molecule has 602 valence electrons. The zero-order valence-electron chi connectivity index (χ0n) is 65.8. The Hall–Kier alpha value is -7.96. The van der Waals surface area contributed by atoms with E-state index in [4.69, 9.17) is 33.7 Å². The van der Waals surface area contributed by atoms with Gasteiger partial charge in [0, 0.05) is 19.4 Å². The van der Waals surface area contributed by atoms with Crippen molar-refractivity contribution >= 4 is 106 Å². The van der Waals surface area contributed by atoms with Gasteiger partial charge in [0.25, 0.3) is 5.91 Å².